The van der Waals surface area contributed by atoms with E-state index in [9.17, 15) is 17.6 Å². The molecule has 0 N–H and O–H groups in total. The quantitative estimate of drug-likeness (QED) is 0.404. The van der Waals surface area contributed by atoms with Gasteiger partial charge in [0, 0.05) is 10.6 Å². The van der Waals surface area contributed by atoms with Crippen molar-refractivity contribution in [3.8, 4) is 0 Å². The Balaban J connectivity index is 1.92. The summed E-state index contributed by atoms with van der Waals surface area (Å²) in [6, 6.07) is 3.51. The number of alkyl halides is 1. The molecule has 1 aliphatic carbocycles. The minimum atomic E-state index is -2.64. The number of rotatable bonds is 1. The highest BCUT2D eigenvalue weighted by atomic mass is 35.5. The lowest BCUT2D eigenvalue weighted by Crippen LogP contribution is -2.22. The Kier molecular flexibility index (Phi) is 2.76. The first-order valence-corrected chi connectivity index (χ1v) is 6.89. The van der Waals surface area contributed by atoms with E-state index < -0.39 is 40.3 Å². The molecule has 1 nitrogen and oxygen atoms in total. The minimum Gasteiger partial charge on any atom is -0.317 e. The van der Waals surface area contributed by atoms with Crippen LogP contribution in [0.15, 0.2) is 30.3 Å². The average Bonchev–Trinajstić information content (AvgIpc) is 3.10. The number of hydrogen-bond donors (Lipinski definition) is 0. The third-order valence-corrected chi connectivity index (χ3v) is 4.27. The summed E-state index contributed by atoms with van der Waals surface area (Å²) in [5.41, 5.74) is -2.43. The van der Waals surface area contributed by atoms with E-state index in [0.717, 1.165) is 6.07 Å². The lowest BCUT2D eigenvalue weighted by atomic mass is 9.83. The number of benzene rings is 2. The van der Waals surface area contributed by atoms with Crippen LogP contribution in [0.25, 0.3) is 6.08 Å². The van der Waals surface area contributed by atoms with Gasteiger partial charge in [-0.2, -0.15) is 0 Å². The molecule has 1 saturated heterocycles. The van der Waals surface area contributed by atoms with Crippen LogP contribution in [0.3, 0.4) is 0 Å². The summed E-state index contributed by atoms with van der Waals surface area (Å²) >= 11 is 5.72. The van der Waals surface area contributed by atoms with Crippen LogP contribution in [0.2, 0.25) is 5.02 Å². The predicted octanol–water partition coefficient (Wildman–Crippen LogP) is 4.97. The van der Waals surface area contributed by atoms with Crippen molar-refractivity contribution in [1.82, 2.24) is 0 Å². The molecule has 1 aliphatic heterocycles. The zero-order chi connectivity index (χ0) is 16.6. The van der Waals surface area contributed by atoms with E-state index in [2.05, 4.69) is 0 Å². The van der Waals surface area contributed by atoms with Crippen LogP contribution < -0.4 is 0 Å². The molecule has 7 heteroatoms. The van der Waals surface area contributed by atoms with Gasteiger partial charge in [0.2, 0.25) is 0 Å². The summed E-state index contributed by atoms with van der Waals surface area (Å²) in [6.45, 7) is 0. The Bertz CT molecular complexity index is 873. The van der Waals surface area contributed by atoms with E-state index in [1.807, 2.05) is 0 Å². The standard InChI is InChI=1S/C16H6ClF5O/c17-9-3-7-1-2-15(8-4-11(19)14(21)12(20)5-8)16(22,23-15)13(7)10(18)6-9/h1-6H. The molecule has 4 rings (SSSR count). The Labute approximate surface area is 131 Å². The summed E-state index contributed by atoms with van der Waals surface area (Å²) in [6.07, 6.45) is 2.55. The molecule has 2 aromatic carbocycles. The number of epoxide rings is 1. The fourth-order valence-electron chi connectivity index (χ4n) is 2.96. The normalized spacial score (nSPS) is 27.6. The summed E-state index contributed by atoms with van der Waals surface area (Å²) in [5, 5.41) is 0.0709. The topological polar surface area (TPSA) is 12.5 Å². The first-order valence-electron chi connectivity index (χ1n) is 6.51. The first-order chi connectivity index (χ1) is 10.8. The zero-order valence-corrected chi connectivity index (χ0v) is 11.9. The molecule has 0 amide bonds. The van der Waals surface area contributed by atoms with Gasteiger partial charge in [0.15, 0.2) is 23.1 Å². The highest BCUT2D eigenvalue weighted by molar-refractivity contribution is 6.30. The fourth-order valence-corrected chi connectivity index (χ4v) is 3.17. The van der Waals surface area contributed by atoms with Crippen molar-refractivity contribution in [2.24, 2.45) is 0 Å². The highest BCUT2D eigenvalue weighted by Gasteiger charge is 2.75. The van der Waals surface area contributed by atoms with Crippen LogP contribution >= 0.6 is 11.6 Å². The molecule has 2 atom stereocenters. The van der Waals surface area contributed by atoms with Crippen LogP contribution in [0.1, 0.15) is 16.7 Å². The fraction of sp³-hybridized carbons (Fsp3) is 0.125. The maximum Gasteiger partial charge on any atom is 0.277 e. The van der Waals surface area contributed by atoms with Gasteiger partial charge in [0.1, 0.15) is 5.82 Å². The molecule has 0 aromatic heterocycles. The average molecular weight is 345 g/mol. The number of ether oxygens (including phenoxy) is 1. The van der Waals surface area contributed by atoms with Crippen LogP contribution in [-0.4, -0.2) is 0 Å². The summed E-state index contributed by atoms with van der Waals surface area (Å²) < 4.78 is 74.2. The van der Waals surface area contributed by atoms with Crippen molar-refractivity contribution in [2.45, 2.75) is 11.5 Å². The maximum atomic E-state index is 15.1. The molecule has 2 aliphatic rings. The zero-order valence-electron chi connectivity index (χ0n) is 11.1. The van der Waals surface area contributed by atoms with Crippen molar-refractivity contribution < 1.29 is 26.7 Å². The van der Waals surface area contributed by atoms with Gasteiger partial charge >= 0.3 is 0 Å². The summed E-state index contributed by atoms with van der Waals surface area (Å²) in [7, 11) is 0. The van der Waals surface area contributed by atoms with Gasteiger partial charge in [0.25, 0.3) is 5.85 Å². The van der Waals surface area contributed by atoms with Crippen molar-refractivity contribution in [1.29, 1.82) is 0 Å². The van der Waals surface area contributed by atoms with E-state index in [-0.39, 0.29) is 16.1 Å². The van der Waals surface area contributed by atoms with Gasteiger partial charge in [0.05, 0.1) is 5.56 Å². The predicted molar refractivity (Wildman–Crippen MR) is 72.3 cm³/mol. The van der Waals surface area contributed by atoms with Crippen molar-refractivity contribution in [2.75, 3.05) is 0 Å². The lowest BCUT2D eigenvalue weighted by Gasteiger charge is -2.19. The van der Waals surface area contributed by atoms with Gasteiger partial charge < -0.3 is 4.74 Å². The molecule has 118 valence electrons. The van der Waals surface area contributed by atoms with Crippen molar-refractivity contribution in [3.63, 3.8) is 0 Å². The molecular weight excluding hydrogens is 339 g/mol. The van der Waals surface area contributed by atoms with Crippen molar-refractivity contribution >= 4 is 17.7 Å². The van der Waals surface area contributed by atoms with Crippen LogP contribution in [0.5, 0.6) is 0 Å². The molecule has 0 saturated carbocycles. The monoisotopic (exact) mass is 344 g/mol. The third kappa shape index (κ3) is 1.76. The molecule has 2 aromatic rings. The molecule has 0 bridgehead atoms. The highest BCUT2D eigenvalue weighted by Crippen LogP contribution is 2.67. The van der Waals surface area contributed by atoms with E-state index in [4.69, 9.17) is 16.3 Å². The van der Waals surface area contributed by atoms with Crippen LogP contribution in [-0.2, 0) is 16.2 Å². The number of hydrogen-bond acceptors (Lipinski definition) is 1. The number of fused-ring (bicyclic) bond motifs is 3. The van der Waals surface area contributed by atoms with E-state index in [1.165, 1.54) is 18.2 Å². The second kappa shape index (κ2) is 4.33. The smallest absolute Gasteiger partial charge is 0.277 e. The Hall–Kier alpha value is -1.92. The van der Waals surface area contributed by atoms with Gasteiger partial charge in [-0.15, -0.1) is 0 Å². The minimum absolute atomic E-state index is 0.0709. The summed E-state index contributed by atoms with van der Waals surface area (Å²) in [4.78, 5) is 0. The lowest BCUT2D eigenvalue weighted by molar-refractivity contribution is 0.136. The summed E-state index contributed by atoms with van der Waals surface area (Å²) in [5.74, 6) is -8.22. The van der Waals surface area contributed by atoms with Gasteiger partial charge in [-0.3, -0.25) is 0 Å². The van der Waals surface area contributed by atoms with Crippen molar-refractivity contribution in [3.05, 3.63) is 75.3 Å². The molecule has 23 heavy (non-hydrogen) atoms. The molecule has 2 unspecified atom stereocenters. The Morgan fingerprint density at radius 3 is 2.22 bits per heavy atom. The first kappa shape index (κ1) is 14.7. The molecule has 1 heterocycles. The number of halogens is 6. The molecular formula is C16H6ClF5O. The Morgan fingerprint density at radius 1 is 0.913 bits per heavy atom. The van der Waals surface area contributed by atoms with Gasteiger partial charge in [-0.05, 0) is 35.9 Å². The second-order valence-corrected chi connectivity index (χ2v) is 5.81. The third-order valence-electron chi connectivity index (χ3n) is 4.05. The van der Waals surface area contributed by atoms with Crippen LogP contribution in [0, 0.1) is 23.3 Å². The molecule has 0 radical (unpaired) electrons. The maximum absolute atomic E-state index is 15.1. The molecule has 1 fully saturated rings. The second-order valence-electron chi connectivity index (χ2n) is 5.37. The Morgan fingerprint density at radius 2 is 1.57 bits per heavy atom. The van der Waals surface area contributed by atoms with Gasteiger partial charge in [-0.1, -0.05) is 17.7 Å². The molecule has 0 spiro atoms. The van der Waals surface area contributed by atoms with E-state index in [0.29, 0.717) is 12.1 Å². The van der Waals surface area contributed by atoms with E-state index >= 15 is 4.39 Å². The van der Waals surface area contributed by atoms with E-state index in [1.54, 1.807) is 0 Å². The van der Waals surface area contributed by atoms with Crippen LogP contribution in [0.4, 0.5) is 22.0 Å². The SMILES string of the molecule is Fc1cc(C23C=Cc4cc(Cl)cc(F)c4C2(F)O3)cc(F)c1F. The van der Waals surface area contributed by atoms with Gasteiger partial charge in [-0.25, -0.2) is 22.0 Å². The largest absolute Gasteiger partial charge is 0.317 e.